The van der Waals surface area contributed by atoms with Crippen LogP contribution >= 0.6 is 22.7 Å². The molecule has 0 spiro atoms. The van der Waals surface area contributed by atoms with E-state index in [0.717, 1.165) is 51.4 Å². The average Bonchev–Trinajstić information content (AvgIpc) is 3.85. The maximum atomic E-state index is 11.8. The molecular formula is C51H60O3S2. The lowest BCUT2D eigenvalue weighted by Gasteiger charge is -2.18. The van der Waals surface area contributed by atoms with Gasteiger partial charge < -0.3 is 9.47 Å². The highest BCUT2D eigenvalue weighted by atomic mass is 32.1. The molecule has 0 aliphatic heterocycles. The molecule has 6 aromatic rings. The first-order valence-corrected chi connectivity index (χ1v) is 22.7. The van der Waals surface area contributed by atoms with E-state index in [2.05, 4.69) is 119 Å². The van der Waals surface area contributed by atoms with Gasteiger partial charge in [-0.1, -0.05) is 121 Å². The molecule has 0 bridgehead atoms. The maximum absolute atomic E-state index is 11.8. The van der Waals surface area contributed by atoms with Gasteiger partial charge in [-0.2, -0.15) is 0 Å². The van der Waals surface area contributed by atoms with E-state index in [1.807, 2.05) is 22.7 Å². The maximum Gasteiger partial charge on any atom is 0.332 e. The van der Waals surface area contributed by atoms with E-state index >= 15 is 0 Å². The highest BCUT2D eigenvalue weighted by Crippen LogP contribution is 2.38. The molecule has 5 heteroatoms. The van der Waals surface area contributed by atoms with Crippen LogP contribution in [0, 0.1) is 0 Å². The van der Waals surface area contributed by atoms with Gasteiger partial charge in [-0.15, -0.1) is 22.7 Å². The Morgan fingerprint density at radius 2 is 1.07 bits per heavy atom. The van der Waals surface area contributed by atoms with Gasteiger partial charge in [0.1, 0.15) is 0 Å². The van der Waals surface area contributed by atoms with Crippen LogP contribution in [-0.2, 0) is 52.8 Å². The SMILES string of the molecule is C=CC(=O)OCOC(CCc1ccc2sc(-c3ccc(CCCCC)cc3CC)cc2c1)CCc1ccc2sc(-c3ccc(CCCCC)cc3CC)cc2c1. The van der Waals surface area contributed by atoms with Gasteiger partial charge in [0.2, 0.25) is 0 Å². The number of benzene rings is 4. The summed E-state index contributed by atoms with van der Waals surface area (Å²) in [5, 5.41) is 2.60. The summed E-state index contributed by atoms with van der Waals surface area (Å²) in [6, 6.07) is 32.7. The molecule has 0 unspecified atom stereocenters. The number of aryl methyl sites for hydroxylation is 6. The van der Waals surface area contributed by atoms with Crippen LogP contribution in [0.5, 0.6) is 0 Å². The molecule has 0 aliphatic carbocycles. The molecular weight excluding hydrogens is 725 g/mol. The zero-order valence-corrected chi connectivity index (χ0v) is 35.7. The summed E-state index contributed by atoms with van der Waals surface area (Å²) in [6.07, 6.45) is 16.6. The summed E-state index contributed by atoms with van der Waals surface area (Å²) in [5.41, 5.74) is 11.1. The number of thiophene rings is 2. The van der Waals surface area contributed by atoms with E-state index in [4.69, 9.17) is 9.47 Å². The number of hydrogen-bond donors (Lipinski definition) is 0. The van der Waals surface area contributed by atoms with Crippen molar-refractivity contribution in [1.82, 2.24) is 0 Å². The average molecular weight is 785 g/mol. The van der Waals surface area contributed by atoms with Gasteiger partial charge >= 0.3 is 5.97 Å². The molecule has 0 fully saturated rings. The van der Waals surface area contributed by atoms with E-state index in [0.29, 0.717) is 0 Å². The fourth-order valence-corrected chi connectivity index (χ4v) is 10.0. The predicted octanol–water partition coefficient (Wildman–Crippen LogP) is 14.7. The van der Waals surface area contributed by atoms with E-state index < -0.39 is 5.97 Å². The van der Waals surface area contributed by atoms with E-state index in [1.54, 1.807) is 0 Å². The normalized spacial score (nSPS) is 11.6. The molecule has 6 rings (SSSR count). The number of hydrogen-bond acceptors (Lipinski definition) is 5. The number of fused-ring (bicyclic) bond motifs is 2. The van der Waals surface area contributed by atoms with Crippen LogP contribution in [-0.4, -0.2) is 18.9 Å². The Bertz CT molecular complexity index is 2060. The number of carbonyl (C=O) groups excluding carboxylic acids is 1. The quantitative estimate of drug-likeness (QED) is 0.0298. The summed E-state index contributed by atoms with van der Waals surface area (Å²) < 4.78 is 14.1. The van der Waals surface area contributed by atoms with Crippen molar-refractivity contribution in [2.45, 2.75) is 124 Å². The molecule has 0 atom stereocenters. The lowest BCUT2D eigenvalue weighted by molar-refractivity contribution is -0.155. The Labute approximate surface area is 343 Å². The molecule has 56 heavy (non-hydrogen) atoms. The van der Waals surface area contributed by atoms with Crippen LogP contribution in [0.1, 0.15) is 112 Å². The highest BCUT2D eigenvalue weighted by Gasteiger charge is 2.15. The van der Waals surface area contributed by atoms with Gasteiger partial charge in [0, 0.05) is 25.2 Å². The Balaban J connectivity index is 1.12. The topological polar surface area (TPSA) is 35.5 Å². The first-order valence-electron chi connectivity index (χ1n) is 21.1. The molecule has 2 heterocycles. The highest BCUT2D eigenvalue weighted by molar-refractivity contribution is 7.22. The van der Waals surface area contributed by atoms with E-state index in [-0.39, 0.29) is 12.9 Å². The Morgan fingerprint density at radius 3 is 1.52 bits per heavy atom. The van der Waals surface area contributed by atoms with Crippen molar-refractivity contribution >= 4 is 48.8 Å². The first-order chi connectivity index (χ1) is 27.4. The van der Waals surface area contributed by atoms with Gasteiger partial charge in [0.15, 0.2) is 6.79 Å². The second-order valence-corrected chi connectivity index (χ2v) is 17.4. The molecule has 0 N–H and O–H groups in total. The van der Waals surface area contributed by atoms with Crippen molar-refractivity contribution in [3.8, 4) is 20.9 Å². The van der Waals surface area contributed by atoms with Gasteiger partial charge in [0.25, 0.3) is 0 Å². The summed E-state index contributed by atoms with van der Waals surface area (Å²) >= 11 is 3.78. The monoisotopic (exact) mass is 784 g/mol. The van der Waals surface area contributed by atoms with E-state index in [1.165, 1.54) is 119 Å². The molecule has 0 radical (unpaired) electrons. The third-order valence-electron chi connectivity index (χ3n) is 11.1. The van der Waals surface area contributed by atoms with Crippen LogP contribution in [0.15, 0.2) is 97.6 Å². The smallest absolute Gasteiger partial charge is 0.332 e. The molecule has 0 aliphatic rings. The van der Waals surface area contributed by atoms with Crippen molar-refractivity contribution in [1.29, 1.82) is 0 Å². The third kappa shape index (κ3) is 11.1. The van der Waals surface area contributed by atoms with Crippen molar-refractivity contribution < 1.29 is 14.3 Å². The molecule has 0 saturated carbocycles. The van der Waals surface area contributed by atoms with Crippen molar-refractivity contribution in [2.24, 2.45) is 0 Å². The van der Waals surface area contributed by atoms with Crippen LogP contribution in [0.25, 0.3) is 41.1 Å². The standard InChI is InChI=1S/C51H60O3S2/c1-6-11-13-15-36-19-25-45(40(8-3)29-36)49-33-42-31-38(21-27-47(42)55-49)17-23-44(53-35-54-51(52)10-5)24-18-39-22-28-48-43(32-39)34-50(56-48)46-26-20-37(16-14-12-7-2)30-41(46)9-4/h10,19-22,25-34,44H,5-9,11-18,23-24,35H2,1-4H3. The second kappa shape index (κ2) is 20.9. The molecule has 4 aromatic carbocycles. The Kier molecular flexibility index (Phi) is 15.6. The van der Waals surface area contributed by atoms with Crippen LogP contribution < -0.4 is 0 Å². The van der Waals surface area contributed by atoms with Crippen molar-refractivity contribution in [2.75, 3.05) is 6.79 Å². The minimum absolute atomic E-state index is 0.0546. The molecule has 3 nitrogen and oxygen atoms in total. The number of carbonyl (C=O) groups is 1. The molecule has 294 valence electrons. The molecule has 0 saturated heterocycles. The van der Waals surface area contributed by atoms with Crippen LogP contribution in [0.3, 0.4) is 0 Å². The van der Waals surface area contributed by atoms with E-state index in [9.17, 15) is 4.79 Å². The lowest BCUT2D eigenvalue weighted by Crippen LogP contribution is -2.18. The number of rotatable bonds is 22. The number of unbranched alkanes of at least 4 members (excludes halogenated alkanes) is 4. The summed E-state index contributed by atoms with van der Waals surface area (Å²) in [7, 11) is 0. The van der Waals surface area contributed by atoms with Crippen molar-refractivity contribution in [3.05, 3.63) is 131 Å². The summed E-state index contributed by atoms with van der Waals surface area (Å²) in [6.45, 7) is 12.5. The minimum atomic E-state index is -0.462. The molecule has 0 amide bonds. The number of esters is 1. The number of ether oxygens (including phenoxy) is 2. The zero-order chi connectivity index (χ0) is 39.3. The summed E-state index contributed by atoms with van der Waals surface area (Å²) in [5.74, 6) is -0.462. The van der Waals surface area contributed by atoms with Gasteiger partial charge in [-0.05, 0) is 144 Å². The second-order valence-electron chi connectivity index (χ2n) is 15.2. The largest absolute Gasteiger partial charge is 0.435 e. The fraction of sp³-hybridized carbons (Fsp3) is 0.392. The van der Waals surface area contributed by atoms with Crippen LogP contribution in [0.4, 0.5) is 0 Å². The van der Waals surface area contributed by atoms with Crippen molar-refractivity contribution in [3.63, 3.8) is 0 Å². The van der Waals surface area contributed by atoms with Gasteiger partial charge in [-0.3, -0.25) is 0 Å². The Hall–Kier alpha value is -4.03. The first kappa shape index (κ1) is 41.6. The third-order valence-corrected chi connectivity index (χ3v) is 13.4. The van der Waals surface area contributed by atoms with Crippen LogP contribution in [0.2, 0.25) is 0 Å². The minimum Gasteiger partial charge on any atom is -0.435 e. The predicted molar refractivity (Wildman–Crippen MR) is 242 cm³/mol. The molecule has 2 aromatic heterocycles. The fourth-order valence-electron chi connectivity index (χ4n) is 7.80. The lowest BCUT2D eigenvalue weighted by atomic mass is 9.97. The zero-order valence-electron chi connectivity index (χ0n) is 34.1. The Morgan fingerprint density at radius 1 is 0.607 bits per heavy atom. The van der Waals surface area contributed by atoms with Gasteiger partial charge in [0.05, 0.1) is 6.10 Å². The summed E-state index contributed by atoms with van der Waals surface area (Å²) in [4.78, 5) is 14.5. The van der Waals surface area contributed by atoms with Gasteiger partial charge in [-0.25, -0.2) is 4.79 Å².